The summed E-state index contributed by atoms with van der Waals surface area (Å²) in [5, 5.41) is 6.51. The van der Waals surface area contributed by atoms with Crippen LogP contribution in [0.4, 0.5) is 0 Å². The van der Waals surface area contributed by atoms with Crippen molar-refractivity contribution in [1.82, 2.24) is 20.4 Å². The predicted molar refractivity (Wildman–Crippen MR) is 191 cm³/mol. The molecule has 2 aromatic heterocycles. The predicted octanol–water partition coefficient (Wildman–Crippen LogP) is 3.36. The van der Waals surface area contributed by atoms with Crippen molar-refractivity contribution >= 4 is 46.2 Å². The summed E-state index contributed by atoms with van der Waals surface area (Å²) in [6.07, 6.45) is 12.0. The summed E-state index contributed by atoms with van der Waals surface area (Å²) in [6.45, 7) is 3.02. The molecule has 4 heterocycles. The Labute approximate surface area is 302 Å². The molecule has 12 heteroatoms. The number of hydrogen-bond acceptors (Lipinski definition) is 6. The van der Waals surface area contributed by atoms with Crippen molar-refractivity contribution in [3.8, 4) is 0 Å². The van der Waals surface area contributed by atoms with Crippen LogP contribution in [0.3, 0.4) is 0 Å². The van der Waals surface area contributed by atoms with Gasteiger partial charge in [0.15, 0.2) is 24.8 Å². The summed E-state index contributed by atoms with van der Waals surface area (Å²) in [6, 6.07) is 18.0. The number of nitrogens with one attached hydrogen (secondary N) is 2. The van der Waals surface area contributed by atoms with Gasteiger partial charge in [0.1, 0.15) is 13.1 Å². The first-order valence-corrected chi connectivity index (χ1v) is 18.1. The average Bonchev–Trinajstić information content (AvgIpc) is 3.16. The fourth-order valence-electron chi connectivity index (χ4n) is 6.81. The van der Waals surface area contributed by atoms with E-state index in [2.05, 4.69) is 19.8 Å². The van der Waals surface area contributed by atoms with Crippen LogP contribution in [-0.4, -0.2) is 71.4 Å². The normalized spacial score (nSPS) is 13.5. The summed E-state index contributed by atoms with van der Waals surface area (Å²) in [7, 11) is 0. The molecule has 52 heavy (non-hydrogen) atoms. The zero-order chi connectivity index (χ0) is 36.5. The Morgan fingerprint density at radius 1 is 0.481 bits per heavy atom. The molecule has 0 bridgehead atoms. The van der Waals surface area contributed by atoms with Crippen LogP contribution in [0.25, 0.3) is 10.8 Å². The molecule has 0 radical (unpaired) electrons. The summed E-state index contributed by atoms with van der Waals surface area (Å²) in [5.74, 6) is -2.08. The molecule has 0 unspecified atom stereocenters. The number of nitrogens with zero attached hydrogens (tertiary/aromatic N) is 4. The van der Waals surface area contributed by atoms with Crippen LogP contribution in [0.15, 0.2) is 85.5 Å². The molecular weight excluding hydrogens is 660 g/mol. The average molecular weight is 705 g/mol. The van der Waals surface area contributed by atoms with Gasteiger partial charge in [-0.2, -0.15) is 0 Å². The van der Waals surface area contributed by atoms with E-state index < -0.39 is 23.6 Å². The van der Waals surface area contributed by atoms with Crippen LogP contribution in [0.2, 0.25) is 0 Å². The molecule has 0 fully saturated rings. The Kier molecular flexibility index (Phi) is 11.7. The Morgan fingerprint density at radius 3 is 1.17 bits per heavy atom. The number of rotatable bonds is 18. The lowest BCUT2D eigenvalue weighted by molar-refractivity contribution is -0.697. The number of aryl methyl sites for hydroxylation is 2. The highest BCUT2D eigenvalue weighted by Crippen LogP contribution is 2.38. The van der Waals surface area contributed by atoms with Crippen LogP contribution < -0.4 is 19.8 Å². The quantitative estimate of drug-likeness (QED) is 0.0926. The van der Waals surface area contributed by atoms with Crippen molar-refractivity contribution in [1.29, 1.82) is 0 Å². The number of carbonyl (C=O) groups excluding carboxylic acids is 6. The van der Waals surface area contributed by atoms with Gasteiger partial charge in [-0.3, -0.25) is 38.6 Å². The molecule has 0 atom stereocenters. The Bertz CT molecular complexity index is 1770. The van der Waals surface area contributed by atoms with Gasteiger partial charge in [0.05, 0.1) is 0 Å². The minimum atomic E-state index is -0.483. The fraction of sp³-hybridized carbons (Fsp3) is 0.350. The lowest BCUT2D eigenvalue weighted by Gasteiger charge is -2.32. The van der Waals surface area contributed by atoms with Crippen LogP contribution >= 0.6 is 0 Å². The standard InChI is InChI=1S/C40H42N6O6/c47-33(41-19-11-25-43-21-5-1-6-22-43)13-3-9-27-45-37(49)29-15-17-31-36-32(18-16-30(35(29)36)38(45)50)40(52)46(39(31)51)28-10-4-14-34(48)42-20-12-26-44-23-7-2-8-24-44/h1-2,5-8,15-18,21-24H,3-4,9-14,19-20,25-28H2/p+2. The number of hydrogen-bond donors (Lipinski definition) is 2. The molecule has 0 aliphatic carbocycles. The van der Waals surface area contributed by atoms with E-state index in [1.807, 2.05) is 61.2 Å². The second kappa shape index (κ2) is 17.0. The fourth-order valence-corrected chi connectivity index (χ4v) is 6.81. The summed E-state index contributed by atoms with van der Waals surface area (Å²) >= 11 is 0. The second-order valence-corrected chi connectivity index (χ2v) is 13.1. The summed E-state index contributed by atoms with van der Waals surface area (Å²) in [4.78, 5) is 81.4. The zero-order valence-electron chi connectivity index (χ0n) is 29.2. The number of carbonyl (C=O) groups is 6. The largest absolute Gasteiger partial charge is 0.356 e. The number of benzene rings is 2. The van der Waals surface area contributed by atoms with Crippen molar-refractivity contribution in [2.45, 2.75) is 64.5 Å². The van der Waals surface area contributed by atoms with E-state index in [0.29, 0.717) is 49.5 Å². The van der Waals surface area contributed by atoms with Crippen molar-refractivity contribution in [3.63, 3.8) is 0 Å². The number of imide groups is 2. The van der Waals surface area contributed by atoms with Gasteiger partial charge in [-0.15, -0.1) is 0 Å². The molecule has 12 nitrogen and oxygen atoms in total. The molecule has 0 spiro atoms. The first-order valence-electron chi connectivity index (χ1n) is 18.1. The van der Waals surface area contributed by atoms with Gasteiger partial charge in [-0.1, -0.05) is 12.1 Å². The van der Waals surface area contributed by atoms with Crippen molar-refractivity contribution < 1.29 is 37.9 Å². The lowest BCUT2D eigenvalue weighted by Crippen LogP contribution is -2.43. The molecule has 0 saturated heterocycles. The van der Waals surface area contributed by atoms with Crippen molar-refractivity contribution in [2.24, 2.45) is 0 Å². The van der Waals surface area contributed by atoms with E-state index in [9.17, 15) is 28.8 Å². The van der Waals surface area contributed by atoms with E-state index in [-0.39, 0.29) is 60.0 Å². The van der Waals surface area contributed by atoms with E-state index in [0.717, 1.165) is 25.9 Å². The summed E-state index contributed by atoms with van der Waals surface area (Å²) < 4.78 is 4.11. The second-order valence-electron chi connectivity index (χ2n) is 13.1. The highest BCUT2D eigenvalue weighted by molar-refractivity contribution is 6.33. The minimum Gasteiger partial charge on any atom is -0.356 e. The van der Waals surface area contributed by atoms with Crippen LogP contribution in [0.5, 0.6) is 0 Å². The van der Waals surface area contributed by atoms with Gasteiger partial charge >= 0.3 is 0 Å². The summed E-state index contributed by atoms with van der Waals surface area (Å²) in [5.41, 5.74) is 1.08. The van der Waals surface area contributed by atoms with Crippen LogP contribution in [0.1, 0.15) is 92.8 Å². The lowest BCUT2D eigenvalue weighted by atomic mass is 9.86. The van der Waals surface area contributed by atoms with Gasteiger partial charge < -0.3 is 10.6 Å². The highest BCUT2D eigenvalue weighted by Gasteiger charge is 2.39. The molecule has 6 amide bonds. The Morgan fingerprint density at radius 2 is 0.827 bits per heavy atom. The molecule has 2 N–H and O–H groups in total. The van der Waals surface area contributed by atoms with Crippen molar-refractivity contribution in [2.75, 3.05) is 26.2 Å². The Balaban J connectivity index is 0.981. The Hall–Kier alpha value is -5.78. The van der Waals surface area contributed by atoms with Gasteiger partial charge in [-0.05, 0) is 49.9 Å². The smallest absolute Gasteiger partial charge is 0.261 e. The number of aromatic nitrogens is 2. The monoisotopic (exact) mass is 704 g/mol. The van der Waals surface area contributed by atoms with Gasteiger partial charge in [0.2, 0.25) is 11.8 Å². The van der Waals surface area contributed by atoms with Crippen LogP contribution in [0, 0.1) is 0 Å². The highest BCUT2D eigenvalue weighted by atomic mass is 16.2. The van der Waals surface area contributed by atoms with E-state index in [4.69, 9.17) is 0 Å². The first-order chi connectivity index (χ1) is 25.3. The van der Waals surface area contributed by atoms with Crippen molar-refractivity contribution in [3.05, 3.63) is 108 Å². The minimum absolute atomic E-state index is 0.0719. The number of amides is 6. The number of unbranched alkanes of at least 4 members (excludes halogenated alkanes) is 2. The zero-order valence-corrected chi connectivity index (χ0v) is 29.2. The maximum atomic E-state index is 13.6. The molecule has 6 rings (SSSR count). The maximum absolute atomic E-state index is 13.6. The van der Waals surface area contributed by atoms with Gasteiger partial charge in [-0.25, -0.2) is 9.13 Å². The third-order valence-corrected chi connectivity index (χ3v) is 9.52. The third-order valence-electron chi connectivity index (χ3n) is 9.52. The molecule has 2 aromatic carbocycles. The number of pyridine rings is 2. The SMILES string of the molecule is O=C(CCCCN1C(=O)c2ccc3c4c(ccc(c24)C1=O)C(=O)N(CCCCC(=O)NCCC[n+]1ccccc1)C3=O)NCCC[n+]1ccccc1. The molecule has 4 aromatic rings. The van der Waals surface area contributed by atoms with E-state index in [1.165, 1.54) is 9.80 Å². The first kappa shape index (κ1) is 36.0. The molecule has 2 aliphatic heterocycles. The molecule has 2 aliphatic rings. The molecule has 268 valence electrons. The van der Waals surface area contributed by atoms with Gasteiger partial charge in [0.25, 0.3) is 23.6 Å². The van der Waals surface area contributed by atoms with Crippen LogP contribution in [-0.2, 0) is 22.7 Å². The maximum Gasteiger partial charge on any atom is 0.261 e. The van der Waals surface area contributed by atoms with E-state index in [1.54, 1.807) is 24.3 Å². The molecule has 0 saturated carbocycles. The van der Waals surface area contributed by atoms with Gasteiger partial charge in [0, 0.05) is 109 Å². The third kappa shape index (κ3) is 8.22. The van der Waals surface area contributed by atoms with E-state index >= 15 is 0 Å². The topological polar surface area (TPSA) is 141 Å². The molecular formula is C40H44N6O6+2.